The third-order valence-corrected chi connectivity index (χ3v) is 9.01. The van der Waals surface area contributed by atoms with E-state index in [-0.39, 0.29) is 60.2 Å². The van der Waals surface area contributed by atoms with Crippen LogP contribution in [0.25, 0.3) is 22.3 Å². The maximum atomic E-state index is 15.1. The largest absolute Gasteiger partial charge is 0.508 e. The Morgan fingerprint density at radius 3 is 2.69 bits per heavy atom. The number of hydrogen-bond acceptors (Lipinski definition) is 7. The second-order valence-corrected chi connectivity index (χ2v) is 11.3. The van der Waals surface area contributed by atoms with Gasteiger partial charge in [0.15, 0.2) is 5.60 Å². The molecule has 3 aliphatic rings. The number of carbonyl (C=O) groups excluding carboxylic acids is 2. The number of fused-ring (bicyclic) bond motifs is 5. The maximum absolute atomic E-state index is 15.1. The molecule has 42 heavy (non-hydrogen) atoms. The highest BCUT2D eigenvalue weighted by Gasteiger charge is 2.46. The number of amides is 1. The molecule has 2 atom stereocenters. The summed E-state index contributed by atoms with van der Waals surface area (Å²) in [6.45, 7) is 3.32. The first kappa shape index (κ1) is 26.3. The average molecular weight is 570 g/mol. The lowest BCUT2D eigenvalue weighted by molar-refractivity contribution is -0.172. The summed E-state index contributed by atoms with van der Waals surface area (Å²) in [5.74, 6) is -1.28. The first-order valence-corrected chi connectivity index (χ1v) is 14.0. The Kier molecular flexibility index (Phi) is 5.78. The summed E-state index contributed by atoms with van der Waals surface area (Å²) >= 11 is 0. The van der Waals surface area contributed by atoms with Gasteiger partial charge in [0, 0.05) is 22.6 Å². The zero-order valence-electron chi connectivity index (χ0n) is 23.1. The number of aromatic nitrogens is 2. The van der Waals surface area contributed by atoms with Crippen molar-refractivity contribution in [1.29, 1.82) is 0 Å². The number of rotatable bonds is 4. The molecule has 0 fully saturated rings. The number of nitrogens with one attached hydrogen (secondary N) is 1. The van der Waals surface area contributed by atoms with E-state index in [0.717, 1.165) is 27.6 Å². The molecule has 9 nitrogen and oxygen atoms in total. The van der Waals surface area contributed by atoms with Gasteiger partial charge >= 0.3 is 5.97 Å². The summed E-state index contributed by atoms with van der Waals surface area (Å²) in [5, 5.41) is 24.7. The van der Waals surface area contributed by atoms with Gasteiger partial charge in [0.2, 0.25) is 5.91 Å². The summed E-state index contributed by atoms with van der Waals surface area (Å²) in [5.41, 5.74) is 3.04. The summed E-state index contributed by atoms with van der Waals surface area (Å²) in [4.78, 5) is 44.4. The van der Waals surface area contributed by atoms with Crippen LogP contribution in [0.1, 0.15) is 64.8 Å². The third-order valence-electron chi connectivity index (χ3n) is 9.01. The SMILES string of the molecule is CC[C@@]1(O)C(=O)OCc2c1cc1n(c2=O)Cc2c-1nc1cc(F)c(C)c3c1c2[C@@H](NC(=O)Cc1ccc(O)cc1)CC3. The van der Waals surface area contributed by atoms with Crippen LogP contribution in [-0.4, -0.2) is 31.6 Å². The first-order chi connectivity index (χ1) is 20.1. The van der Waals surface area contributed by atoms with Gasteiger partial charge in [0.05, 0.1) is 41.5 Å². The zero-order valence-corrected chi connectivity index (χ0v) is 23.1. The molecule has 0 saturated heterocycles. The number of halogens is 1. The number of hydrogen-bond donors (Lipinski definition) is 3. The van der Waals surface area contributed by atoms with Crippen LogP contribution in [0, 0.1) is 12.7 Å². The van der Waals surface area contributed by atoms with Gasteiger partial charge in [-0.2, -0.15) is 0 Å². The van der Waals surface area contributed by atoms with E-state index < -0.39 is 17.6 Å². The average Bonchev–Trinajstić information content (AvgIpc) is 3.34. The molecule has 0 spiro atoms. The fraction of sp³-hybridized carbons (Fsp3) is 0.312. The standard InChI is InChI=1S/C32H28FN3O6/c1-3-32(41)21-11-25-29-19(13-36(25)30(39)20(21)14-42-31(32)40)28-23(34-26(38)10-16-4-6-17(37)7-5-16)9-8-18-15(2)22(33)12-24(35-29)27(18)28/h4-7,11-12,23,37,41H,3,8-10,13-14H2,1-2H3,(H,34,38)/t23-,32-/m0/s1. The Morgan fingerprint density at radius 2 is 1.95 bits per heavy atom. The molecule has 214 valence electrons. The predicted octanol–water partition coefficient (Wildman–Crippen LogP) is 3.58. The second-order valence-electron chi connectivity index (χ2n) is 11.3. The number of carbonyl (C=O) groups is 2. The lowest BCUT2D eigenvalue weighted by atomic mass is 9.81. The van der Waals surface area contributed by atoms with Gasteiger partial charge in [-0.3, -0.25) is 9.59 Å². The molecule has 0 radical (unpaired) electrons. The van der Waals surface area contributed by atoms with Crippen molar-refractivity contribution in [2.45, 2.75) is 64.3 Å². The number of phenolic OH excluding ortho intramolecular Hbond substituents is 1. The summed E-state index contributed by atoms with van der Waals surface area (Å²) < 4.78 is 21.8. The van der Waals surface area contributed by atoms with E-state index in [1.807, 2.05) is 0 Å². The lowest BCUT2D eigenvalue weighted by Gasteiger charge is -2.31. The van der Waals surface area contributed by atoms with Crippen molar-refractivity contribution in [1.82, 2.24) is 14.9 Å². The highest BCUT2D eigenvalue weighted by Crippen LogP contribution is 2.46. The molecule has 1 amide bonds. The van der Waals surface area contributed by atoms with Crippen molar-refractivity contribution in [2.24, 2.45) is 0 Å². The van der Waals surface area contributed by atoms with Gasteiger partial charge in [-0.25, -0.2) is 14.2 Å². The zero-order chi connectivity index (χ0) is 29.5. The first-order valence-electron chi connectivity index (χ1n) is 14.0. The van der Waals surface area contributed by atoms with Crippen LogP contribution in [0.15, 0.2) is 41.2 Å². The number of aryl methyl sites for hydroxylation is 1. The number of aromatic hydroxyl groups is 1. The summed E-state index contributed by atoms with van der Waals surface area (Å²) in [7, 11) is 0. The Bertz CT molecular complexity index is 1920. The molecule has 10 heteroatoms. The Hall–Kier alpha value is -4.57. The topological polar surface area (TPSA) is 131 Å². The molecule has 0 unspecified atom stereocenters. The minimum Gasteiger partial charge on any atom is -0.508 e. The molecular weight excluding hydrogens is 541 g/mol. The molecule has 0 saturated carbocycles. The van der Waals surface area contributed by atoms with Crippen molar-refractivity contribution in [2.75, 3.05) is 0 Å². The number of pyridine rings is 2. The molecule has 3 N–H and O–H groups in total. The van der Waals surface area contributed by atoms with E-state index in [0.29, 0.717) is 35.3 Å². The van der Waals surface area contributed by atoms with Gasteiger partial charge in [-0.15, -0.1) is 0 Å². The van der Waals surface area contributed by atoms with Crippen LogP contribution in [0.3, 0.4) is 0 Å². The fourth-order valence-corrected chi connectivity index (χ4v) is 6.74. The highest BCUT2D eigenvalue weighted by atomic mass is 19.1. The third kappa shape index (κ3) is 3.71. The monoisotopic (exact) mass is 569 g/mol. The smallest absolute Gasteiger partial charge is 0.343 e. The number of esters is 1. The molecule has 4 heterocycles. The van der Waals surface area contributed by atoms with Gasteiger partial charge in [0.25, 0.3) is 5.56 Å². The summed E-state index contributed by atoms with van der Waals surface area (Å²) in [6.07, 6.45) is 1.21. The predicted molar refractivity (Wildman–Crippen MR) is 150 cm³/mol. The van der Waals surface area contributed by atoms with Crippen LogP contribution in [0.2, 0.25) is 0 Å². The van der Waals surface area contributed by atoms with E-state index in [2.05, 4.69) is 5.32 Å². The quantitative estimate of drug-likeness (QED) is 0.282. The van der Waals surface area contributed by atoms with Gasteiger partial charge < -0.3 is 24.8 Å². The number of nitrogens with zero attached hydrogens (tertiary/aromatic N) is 2. The van der Waals surface area contributed by atoms with Gasteiger partial charge in [-0.1, -0.05) is 19.1 Å². The van der Waals surface area contributed by atoms with Gasteiger partial charge in [0.1, 0.15) is 18.2 Å². The van der Waals surface area contributed by atoms with Gasteiger partial charge in [-0.05, 0) is 66.6 Å². The number of aliphatic hydroxyl groups is 1. The van der Waals surface area contributed by atoms with E-state index >= 15 is 4.39 Å². The molecule has 7 rings (SSSR count). The lowest BCUT2D eigenvalue weighted by Crippen LogP contribution is -2.44. The summed E-state index contributed by atoms with van der Waals surface area (Å²) in [6, 6.07) is 9.05. The van der Waals surface area contributed by atoms with Crippen molar-refractivity contribution in [3.8, 4) is 17.1 Å². The Morgan fingerprint density at radius 1 is 1.19 bits per heavy atom. The second kappa shape index (κ2) is 9.22. The van der Waals surface area contributed by atoms with Crippen molar-refractivity contribution >= 4 is 22.8 Å². The van der Waals surface area contributed by atoms with Crippen LogP contribution in [0.5, 0.6) is 5.75 Å². The number of benzene rings is 2. The van der Waals surface area contributed by atoms with E-state index in [1.54, 1.807) is 36.6 Å². The molecule has 2 aromatic heterocycles. The number of ether oxygens (including phenoxy) is 1. The van der Waals surface area contributed by atoms with Crippen molar-refractivity contribution < 1.29 is 28.9 Å². The van der Waals surface area contributed by atoms with Crippen molar-refractivity contribution in [3.63, 3.8) is 0 Å². The molecule has 1 aliphatic carbocycles. The van der Waals surface area contributed by atoms with E-state index in [1.165, 1.54) is 18.2 Å². The maximum Gasteiger partial charge on any atom is 0.343 e. The highest BCUT2D eigenvalue weighted by molar-refractivity contribution is 5.94. The van der Waals surface area contributed by atoms with Crippen molar-refractivity contribution in [3.05, 3.63) is 91.5 Å². The van der Waals surface area contributed by atoms with E-state index in [9.17, 15) is 24.6 Å². The van der Waals surface area contributed by atoms with Crippen LogP contribution < -0.4 is 10.9 Å². The minimum atomic E-state index is -1.96. The molecule has 4 aromatic rings. The number of cyclic esters (lactones) is 1. The Labute approximate surface area is 239 Å². The van der Waals surface area contributed by atoms with Crippen LogP contribution in [-0.2, 0) is 45.9 Å². The Balaban J connectivity index is 1.40. The molecular formula is C32H28FN3O6. The molecule has 2 aliphatic heterocycles. The van der Waals surface area contributed by atoms with E-state index in [4.69, 9.17) is 9.72 Å². The van der Waals surface area contributed by atoms with Crippen LogP contribution in [0.4, 0.5) is 4.39 Å². The molecule has 0 bridgehead atoms. The minimum absolute atomic E-state index is 0.0218. The number of phenols is 1. The normalized spacial score (nSPS) is 20.1. The fourth-order valence-electron chi connectivity index (χ4n) is 6.74. The molecule has 2 aromatic carbocycles. The van der Waals surface area contributed by atoms with Crippen LogP contribution >= 0.6 is 0 Å².